The maximum Gasteiger partial charge on any atom is 0.407 e. The van der Waals surface area contributed by atoms with Gasteiger partial charge < -0.3 is 20.1 Å². The summed E-state index contributed by atoms with van der Waals surface area (Å²) >= 11 is 0. The normalized spacial score (nSPS) is 18.4. The van der Waals surface area contributed by atoms with Gasteiger partial charge in [-0.25, -0.2) is 4.79 Å². The van der Waals surface area contributed by atoms with Crippen molar-refractivity contribution < 1.29 is 24.2 Å². The molecule has 0 aromatic heterocycles. The molecule has 2 amide bonds. The monoisotopic (exact) mass is 450 g/mol. The lowest BCUT2D eigenvalue weighted by Gasteiger charge is -2.34. The van der Waals surface area contributed by atoms with Gasteiger partial charge in [-0.05, 0) is 41.0 Å². The smallest absolute Gasteiger partial charge is 0.407 e. The Hall–Kier alpha value is -3.35. The minimum atomic E-state index is -0.891. The fraction of sp³-hybridized carbons (Fsp3) is 0.423. The lowest BCUT2D eigenvalue weighted by Crippen LogP contribution is -2.54. The van der Waals surface area contributed by atoms with E-state index in [1.165, 1.54) is 0 Å². The molecule has 2 atom stereocenters. The summed E-state index contributed by atoms with van der Waals surface area (Å²) in [4.78, 5) is 38.7. The molecule has 7 nitrogen and oxygen atoms in total. The van der Waals surface area contributed by atoms with Gasteiger partial charge >= 0.3 is 12.1 Å². The number of nitrogens with zero attached hydrogens (tertiary/aromatic N) is 1. The van der Waals surface area contributed by atoms with Crippen LogP contribution in [0, 0.1) is 11.8 Å². The molecule has 2 aromatic carbocycles. The second-order valence-electron chi connectivity index (χ2n) is 9.15. The predicted molar refractivity (Wildman–Crippen MR) is 124 cm³/mol. The first-order chi connectivity index (χ1) is 15.9. The molecule has 0 radical (unpaired) electrons. The van der Waals surface area contributed by atoms with E-state index in [-0.39, 0.29) is 30.9 Å². The Morgan fingerprint density at radius 1 is 1.06 bits per heavy atom. The Morgan fingerprint density at radius 2 is 1.67 bits per heavy atom. The zero-order valence-corrected chi connectivity index (χ0v) is 19.0. The minimum absolute atomic E-state index is 0.0604. The topological polar surface area (TPSA) is 95.9 Å². The van der Waals surface area contributed by atoms with E-state index in [4.69, 9.17) is 4.74 Å². The number of rotatable bonds is 6. The fourth-order valence-electron chi connectivity index (χ4n) is 4.86. The number of hydrogen-bond donors (Lipinski definition) is 2. The summed E-state index contributed by atoms with van der Waals surface area (Å²) in [5.74, 6) is -1.94. The van der Waals surface area contributed by atoms with Gasteiger partial charge in [-0.2, -0.15) is 0 Å². The quantitative estimate of drug-likeness (QED) is 0.697. The summed E-state index contributed by atoms with van der Waals surface area (Å²) in [7, 11) is 0. The highest BCUT2D eigenvalue weighted by Crippen LogP contribution is 2.44. The molecule has 1 aliphatic heterocycles. The number of piperidine rings is 1. The van der Waals surface area contributed by atoms with Crippen LogP contribution in [0.2, 0.25) is 0 Å². The third-order valence-electron chi connectivity index (χ3n) is 6.63. The summed E-state index contributed by atoms with van der Waals surface area (Å²) in [5.41, 5.74) is 4.54. The van der Waals surface area contributed by atoms with E-state index >= 15 is 0 Å². The first-order valence-corrected chi connectivity index (χ1v) is 11.5. The van der Waals surface area contributed by atoms with E-state index in [1.54, 1.807) is 4.90 Å². The fourth-order valence-corrected chi connectivity index (χ4v) is 4.86. The van der Waals surface area contributed by atoms with Crippen molar-refractivity contribution in [2.75, 3.05) is 19.7 Å². The Bertz CT molecular complexity index is 1000. The molecule has 0 saturated carbocycles. The second-order valence-corrected chi connectivity index (χ2v) is 9.15. The van der Waals surface area contributed by atoms with E-state index in [1.807, 2.05) is 38.1 Å². The maximum absolute atomic E-state index is 13.1. The molecule has 33 heavy (non-hydrogen) atoms. The van der Waals surface area contributed by atoms with E-state index in [0.717, 1.165) is 22.3 Å². The van der Waals surface area contributed by atoms with Gasteiger partial charge in [0, 0.05) is 19.0 Å². The van der Waals surface area contributed by atoms with E-state index in [2.05, 4.69) is 29.6 Å². The van der Waals surface area contributed by atoms with Crippen LogP contribution < -0.4 is 5.32 Å². The van der Waals surface area contributed by atoms with Crippen molar-refractivity contribution in [2.24, 2.45) is 11.8 Å². The molecule has 7 heteroatoms. The molecule has 2 N–H and O–H groups in total. The van der Waals surface area contributed by atoms with Crippen molar-refractivity contribution in [3.8, 4) is 11.1 Å². The summed E-state index contributed by atoms with van der Waals surface area (Å²) in [6.45, 7) is 4.54. The molecule has 0 bridgehead atoms. The molecular formula is C26H30N2O5. The van der Waals surface area contributed by atoms with Crippen molar-refractivity contribution in [3.63, 3.8) is 0 Å². The van der Waals surface area contributed by atoms with Gasteiger partial charge in [-0.1, -0.05) is 62.4 Å². The number of nitrogens with one attached hydrogen (secondary N) is 1. The van der Waals surface area contributed by atoms with Crippen LogP contribution in [0.5, 0.6) is 0 Å². The van der Waals surface area contributed by atoms with Crippen LogP contribution in [0.1, 0.15) is 43.7 Å². The number of carboxylic acid groups (broad SMARTS) is 1. The summed E-state index contributed by atoms with van der Waals surface area (Å²) in [5, 5.41) is 12.0. The van der Waals surface area contributed by atoms with Gasteiger partial charge in [0.2, 0.25) is 5.91 Å². The van der Waals surface area contributed by atoms with Crippen LogP contribution in [-0.2, 0) is 14.3 Å². The molecule has 1 heterocycles. The van der Waals surface area contributed by atoms with Gasteiger partial charge in [-0.3, -0.25) is 9.59 Å². The predicted octanol–water partition coefficient (Wildman–Crippen LogP) is 3.87. The SMILES string of the molecule is CC(C)[C@H](NC(=O)OCC1c2ccccc2-c2ccccc21)C(=O)N1CCC[C@@H](C(=O)O)C1. The Kier molecular flexibility index (Phi) is 6.67. The molecule has 174 valence electrons. The molecule has 1 saturated heterocycles. The molecule has 4 rings (SSSR count). The van der Waals surface area contributed by atoms with E-state index in [0.29, 0.717) is 19.4 Å². The number of aliphatic carboxylic acids is 1. The maximum atomic E-state index is 13.1. The second kappa shape index (κ2) is 9.65. The largest absolute Gasteiger partial charge is 0.481 e. The molecule has 2 aromatic rings. The van der Waals surface area contributed by atoms with Crippen LogP contribution >= 0.6 is 0 Å². The number of carbonyl (C=O) groups is 3. The average molecular weight is 451 g/mol. The lowest BCUT2D eigenvalue weighted by molar-refractivity contribution is -0.146. The van der Waals surface area contributed by atoms with Crippen LogP contribution in [0.4, 0.5) is 4.79 Å². The standard InChI is InChI=1S/C26H30N2O5/c1-16(2)23(24(29)28-13-7-8-17(14-28)25(30)31)27-26(32)33-15-22-20-11-5-3-9-18(20)19-10-4-6-12-21(19)22/h3-6,9-12,16-17,22-23H,7-8,13-15H2,1-2H3,(H,27,32)(H,30,31)/t17-,23+/m1/s1. The Labute approximate surface area is 193 Å². The number of fused-ring (bicyclic) bond motifs is 3. The van der Waals surface area contributed by atoms with Crippen molar-refractivity contribution >= 4 is 18.0 Å². The van der Waals surface area contributed by atoms with E-state index in [9.17, 15) is 19.5 Å². The highest BCUT2D eigenvalue weighted by Gasteiger charge is 2.35. The number of likely N-dealkylation sites (tertiary alicyclic amines) is 1. The lowest BCUT2D eigenvalue weighted by atomic mass is 9.96. The molecule has 2 aliphatic rings. The van der Waals surface area contributed by atoms with Gasteiger partial charge in [0.15, 0.2) is 0 Å². The zero-order valence-electron chi connectivity index (χ0n) is 19.0. The third kappa shape index (κ3) is 4.72. The number of carboxylic acids is 1. The van der Waals surface area contributed by atoms with Crippen molar-refractivity contribution in [3.05, 3.63) is 59.7 Å². The highest BCUT2D eigenvalue weighted by atomic mass is 16.5. The molecule has 1 fully saturated rings. The Balaban J connectivity index is 1.41. The summed E-state index contributed by atoms with van der Waals surface area (Å²) in [6.07, 6.45) is 0.555. The van der Waals surface area contributed by atoms with Crippen molar-refractivity contribution in [1.82, 2.24) is 10.2 Å². The summed E-state index contributed by atoms with van der Waals surface area (Å²) in [6, 6.07) is 15.4. The zero-order chi connectivity index (χ0) is 23.5. The van der Waals surface area contributed by atoms with Crippen LogP contribution in [0.3, 0.4) is 0 Å². The first-order valence-electron chi connectivity index (χ1n) is 11.5. The van der Waals surface area contributed by atoms with Crippen LogP contribution in [-0.4, -0.2) is 53.7 Å². The average Bonchev–Trinajstić information content (AvgIpc) is 3.14. The number of benzene rings is 2. The number of amides is 2. The highest BCUT2D eigenvalue weighted by molar-refractivity contribution is 5.86. The molecule has 1 aliphatic carbocycles. The minimum Gasteiger partial charge on any atom is -0.481 e. The Morgan fingerprint density at radius 3 is 2.24 bits per heavy atom. The third-order valence-corrected chi connectivity index (χ3v) is 6.63. The van der Waals surface area contributed by atoms with Gasteiger partial charge in [-0.15, -0.1) is 0 Å². The number of ether oxygens (including phenoxy) is 1. The molecular weight excluding hydrogens is 420 g/mol. The molecule has 0 unspecified atom stereocenters. The number of carbonyl (C=O) groups excluding carboxylic acids is 2. The molecule has 0 spiro atoms. The van der Waals surface area contributed by atoms with Crippen molar-refractivity contribution in [1.29, 1.82) is 0 Å². The first kappa shape index (κ1) is 22.8. The number of alkyl carbamates (subject to hydrolysis) is 1. The van der Waals surface area contributed by atoms with Crippen LogP contribution in [0.15, 0.2) is 48.5 Å². The van der Waals surface area contributed by atoms with Gasteiger partial charge in [0.25, 0.3) is 0 Å². The number of hydrogen-bond acceptors (Lipinski definition) is 4. The van der Waals surface area contributed by atoms with E-state index < -0.39 is 24.0 Å². The van der Waals surface area contributed by atoms with Gasteiger partial charge in [0.1, 0.15) is 12.6 Å². The van der Waals surface area contributed by atoms with Crippen LogP contribution in [0.25, 0.3) is 11.1 Å². The summed E-state index contributed by atoms with van der Waals surface area (Å²) < 4.78 is 5.60. The van der Waals surface area contributed by atoms with Gasteiger partial charge in [0.05, 0.1) is 5.92 Å². The van der Waals surface area contributed by atoms with Crippen molar-refractivity contribution in [2.45, 2.75) is 38.6 Å².